The monoisotopic (exact) mass is 417 g/mol. The molecule has 5 nitrogen and oxygen atoms in total. The van der Waals surface area contributed by atoms with Crippen LogP contribution in [-0.4, -0.2) is 21.9 Å². The van der Waals surface area contributed by atoms with Gasteiger partial charge in [0.1, 0.15) is 0 Å². The van der Waals surface area contributed by atoms with Gasteiger partial charge in [0.05, 0.1) is 12.2 Å². The molecule has 3 aromatic rings. The highest BCUT2D eigenvalue weighted by atomic mass is 79.9. The number of carbonyl (C=O) groups is 1. The summed E-state index contributed by atoms with van der Waals surface area (Å²) in [6.07, 6.45) is 0.581. The molecule has 0 aliphatic carbocycles. The van der Waals surface area contributed by atoms with Crippen molar-refractivity contribution in [2.75, 3.05) is 11.1 Å². The molecule has 128 valence electrons. The third kappa shape index (κ3) is 5.17. The Bertz CT molecular complexity index is 868. The van der Waals surface area contributed by atoms with E-state index in [2.05, 4.69) is 31.4 Å². The van der Waals surface area contributed by atoms with Gasteiger partial charge < -0.3 is 9.73 Å². The Balaban J connectivity index is 1.51. The second-order valence-corrected chi connectivity index (χ2v) is 7.21. The summed E-state index contributed by atoms with van der Waals surface area (Å²) in [5.41, 5.74) is 2.97. The van der Waals surface area contributed by atoms with Crippen LogP contribution in [0.2, 0.25) is 0 Å². The zero-order valence-corrected chi connectivity index (χ0v) is 15.9. The molecule has 0 aliphatic rings. The molecule has 0 radical (unpaired) electrons. The van der Waals surface area contributed by atoms with Crippen LogP contribution in [0, 0.1) is 6.92 Å². The maximum atomic E-state index is 12.0. The first-order chi connectivity index (χ1) is 12.1. The van der Waals surface area contributed by atoms with Gasteiger partial charge in [0.25, 0.3) is 5.22 Å². The van der Waals surface area contributed by atoms with Gasteiger partial charge in [-0.15, -0.1) is 10.2 Å². The number of anilines is 1. The van der Waals surface area contributed by atoms with Gasteiger partial charge in [0, 0.05) is 10.2 Å². The van der Waals surface area contributed by atoms with E-state index in [1.165, 1.54) is 11.8 Å². The van der Waals surface area contributed by atoms with Crippen LogP contribution < -0.4 is 5.32 Å². The highest BCUT2D eigenvalue weighted by molar-refractivity contribution is 9.10. The lowest BCUT2D eigenvalue weighted by Crippen LogP contribution is -2.14. The molecule has 1 aromatic heterocycles. The zero-order chi connectivity index (χ0) is 17.6. The Hall–Kier alpha value is -2.12. The van der Waals surface area contributed by atoms with Crippen LogP contribution in [-0.2, 0) is 11.2 Å². The van der Waals surface area contributed by atoms with Crippen molar-refractivity contribution in [2.24, 2.45) is 0 Å². The molecule has 0 saturated carbocycles. The maximum Gasteiger partial charge on any atom is 0.277 e. The molecule has 0 spiro atoms. The Morgan fingerprint density at radius 2 is 2.00 bits per heavy atom. The molecule has 7 heteroatoms. The molecule has 2 aromatic carbocycles. The van der Waals surface area contributed by atoms with Crippen molar-refractivity contribution in [3.05, 3.63) is 70.0 Å². The fourth-order valence-corrected chi connectivity index (χ4v) is 3.09. The summed E-state index contributed by atoms with van der Waals surface area (Å²) >= 11 is 4.67. The fraction of sp³-hybridized carbons (Fsp3) is 0.167. The van der Waals surface area contributed by atoms with Gasteiger partial charge >= 0.3 is 0 Å². The van der Waals surface area contributed by atoms with E-state index < -0.39 is 0 Å². The molecule has 1 amide bonds. The number of aryl methyl sites for hydroxylation is 1. The molecule has 0 saturated heterocycles. The van der Waals surface area contributed by atoms with Gasteiger partial charge in [0.15, 0.2) is 0 Å². The van der Waals surface area contributed by atoms with E-state index in [0.29, 0.717) is 17.5 Å². The first-order valence-electron chi connectivity index (χ1n) is 7.65. The molecule has 1 heterocycles. The SMILES string of the molecule is Cc1ccc(NC(=O)CSc2nnc(Cc3ccccc3)o2)cc1Br. The zero-order valence-electron chi connectivity index (χ0n) is 13.5. The highest BCUT2D eigenvalue weighted by Gasteiger charge is 2.11. The van der Waals surface area contributed by atoms with E-state index in [-0.39, 0.29) is 11.7 Å². The average Bonchev–Trinajstić information content (AvgIpc) is 3.05. The molecule has 0 unspecified atom stereocenters. The fourth-order valence-electron chi connectivity index (χ4n) is 2.13. The maximum absolute atomic E-state index is 12.0. The third-order valence-corrected chi connectivity index (χ3v) is 5.10. The normalized spacial score (nSPS) is 10.6. The van der Waals surface area contributed by atoms with E-state index in [9.17, 15) is 4.79 Å². The molecule has 0 bridgehead atoms. The van der Waals surface area contributed by atoms with Gasteiger partial charge in [-0.25, -0.2) is 0 Å². The van der Waals surface area contributed by atoms with Gasteiger partial charge in [-0.3, -0.25) is 4.79 Å². The summed E-state index contributed by atoms with van der Waals surface area (Å²) in [6, 6.07) is 15.6. The summed E-state index contributed by atoms with van der Waals surface area (Å²) in [4.78, 5) is 12.0. The number of amides is 1. The number of benzene rings is 2. The summed E-state index contributed by atoms with van der Waals surface area (Å²) in [6.45, 7) is 1.99. The van der Waals surface area contributed by atoms with E-state index in [4.69, 9.17) is 4.42 Å². The lowest BCUT2D eigenvalue weighted by molar-refractivity contribution is -0.113. The van der Waals surface area contributed by atoms with E-state index in [1.807, 2.05) is 55.5 Å². The Kier molecular flexibility index (Phi) is 5.88. The third-order valence-electron chi connectivity index (χ3n) is 3.43. The van der Waals surface area contributed by atoms with Crippen LogP contribution >= 0.6 is 27.7 Å². The minimum absolute atomic E-state index is 0.122. The van der Waals surface area contributed by atoms with Gasteiger partial charge in [0.2, 0.25) is 11.8 Å². The quantitative estimate of drug-likeness (QED) is 0.599. The minimum Gasteiger partial charge on any atom is -0.416 e. The topological polar surface area (TPSA) is 68.0 Å². The Morgan fingerprint density at radius 1 is 1.20 bits per heavy atom. The molecule has 0 fully saturated rings. The molecule has 25 heavy (non-hydrogen) atoms. The van der Waals surface area contributed by atoms with Crippen LogP contribution in [0.4, 0.5) is 5.69 Å². The highest BCUT2D eigenvalue weighted by Crippen LogP contribution is 2.22. The van der Waals surface area contributed by atoms with Crippen LogP contribution in [0.15, 0.2) is 62.6 Å². The van der Waals surface area contributed by atoms with E-state index >= 15 is 0 Å². The van der Waals surface area contributed by atoms with Crippen molar-refractivity contribution in [3.63, 3.8) is 0 Å². The Morgan fingerprint density at radius 3 is 2.76 bits per heavy atom. The molecular weight excluding hydrogens is 402 g/mol. The first-order valence-corrected chi connectivity index (χ1v) is 9.43. The van der Waals surface area contributed by atoms with Crippen LogP contribution in [0.1, 0.15) is 17.0 Å². The van der Waals surface area contributed by atoms with Gasteiger partial charge in [-0.1, -0.05) is 64.1 Å². The van der Waals surface area contributed by atoms with Crippen molar-refractivity contribution in [2.45, 2.75) is 18.6 Å². The van der Waals surface area contributed by atoms with Crippen molar-refractivity contribution in [1.82, 2.24) is 10.2 Å². The summed E-state index contributed by atoms with van der Waals surface area (Å²) in [5, 5.41) is 11.2. The number of halogens is 1. The van der Waals surface area contributed by atoms with Crippen LogP contribution in [0.25, 0.3) is 0 Å². The molecule has 0 aliphatic heterocycles. The van der Waals surface area contributed by atoms with E-state index in [1.54, 1.807) is 0 Å². The molecular formula is C18H16BrN3O2S. The molecule has 1 N–H and O–H groups in total. The number of hydrogen-bond acceptors (Lipinski definition) is 5. The average molecular weight is 418 g/mol. The van der Waals surface area contributed by atoms with E-state index in [0.717, 1.165) is 21.3 Å². The second kappa shape index (κ2) is 8.31. The van der Waals surface area contributed by atoms with Crippen molar-refractivity contribution >= 4 is 39.3 Å². The number of thioether (sulfide) groups is 1. The lowest BCUT2D eigenvalue weighted by Gasteiger charge is -2.06. The van der Waals surface area contributed by atoms with Gasteiger partial charge in [-0.05, 0) is 30.2 Å². The number of nitrogens with one attached hydrogen (secondary N) is 1. The van der Waals surface area contributed by atoms with Gasteiger partial charge in [-0.2, -0.15) is 0 Å². The number of hydrogen-bond donors (Lipinski definition) is 1. The lowest BCUT2D eigenvalue weighted by atomic mass is 10.2. The predicted molar refractivity (Wildman–Crippen MR) is 102 cm³/mol. The van der Waals surface area contributed by atoms with Crippen LogP contribution in [0.5, 0.6) is 0 Å². The molecule has 3 rings (SSSR count). The predicted octanol–water partition coefficient (Wildman–Crippen LogP) is 4.46. The Labute approximate surface area is 158 Å². The van der Waals surface area contributed by atoms with Crippen molar-refractivity contribution < 1.29 is 9.21 Å². The standard InChI is InChI=1S/C18H16BrN3O2S/c1-12-7-8-14(10-15(12)19)20-16(23)11-25-18-22-21-17(24-18)9-13-5-3-2-4-6-13/h2-8,10H,9,11H2,1H3,(H,20,23). The summed E-state index contributed by atoms with van der Waals surface area (Å²) < 4.78 is 6.53. The number of aromatic nitrogens is 2. The van der Waals surface area contributed by atoms with Crippen molar-refractivity contribution in [3.8, 4) is 0 Å². The second-order valence-electron chi connectivity index (χ2n) is 5.42. The first kappa shape index (κ1) is 17.7. The largest absolute Gasteiger partial charge is 0.416 e. The van der Waals surface area contributed by atoms with Crippen LogP contribution in [0.3, 0.4) is 0 Å². The number of rotatable bonds is 6. The smallest absolute Gasteiger partial charge is 0.277 e. The number of carbonyl (C=O) groups excluding carboxylic acids is 1. The molecule has 0 atom stereocenters. The summed E-state index contributed by atoms with van der Waals surface area (Å²) in [5.74, 6) is 0.624. The van der Waals surface area contributed by atoms with Crippen molar-refractivity contribution in [1.29, 1.82) is 0 Å². The summed E-state index contributed by atoms with van der Waals surface area (Å²) in [7, 11) is 0. The number of nitrogens with zero attached hydrogens (tertiary/aromatic N) is 2. The minimum atomic E-state index is -0.122.